The van der Waals surface area contributed by atoms with E-state index in [-0.39, 0.29) is 0 Å². The van der Waals surface area contributed by atoms with Crippen molar-refractivity contribution in [3.05, 3.63) is 30.3 Å². The minimum absolute atomic E-state index is 0.763. The standard InChI is InChI=1S/C10H9NS2/c11-7-1-2-9-6(3-7)4-8(12)5-10(9)13/h1-5,12-13H,11H2. The topological polar surface area (TPSA) is 26.0 Å². The highest BCUT2D eigenvalue weighted by molar-refractivity contribution is 7.81. The molecule has 13 heavy (non-hydrogen) atoms. The smallest absolute Gasteiger partial charge is 0.0320 e. The summed E-state index contributed by atoms with van der Waals surface area (Å²) in [5.41, 5.74) is 6.44. The van der Waals surface area contributed by atoms with Gasteiger partial charge in [0.1, 0.15) is 0 Å². The molecule has 2 rings (SSSR count). The van der Waals surface area contributed by atoms with Crippen LogP contribution in [0, 0.1) is 0 Å². The highest BCUT2D eigenvalue weighted by atomic mass is 32.1. The number of rotatable bonds is 0. The van der Waals surface area contributed by atoms with Crippen molar-refractivity contribution in [2.45, 2.75) is 9.79 Å². The molecule has 0 aliphatic carbocycles. The van der Waals surface area contributed by atoms with E-state index in [1.807, 2.05) is 30.3 Å². The molecule has 0 atom stereocenters. The Balaban J connectivity index is 2.86. The fraction of sp³-hybridized carbons (Fsp3) is 0. The summed E-state index contributed by atoms with van der Waals surface area (Å²) in [6.45, 7) is 0. The van der Waals surface area contributed by atoms with E-state index in [2.05, 4.69) is 25.3 Å². The average molecular weight is 207 g/mol. The van der Waals surface area contributed by atoms with E-state index < -0.39 is 0 Å². The molecule has 0 aliphatic heterocycles. The lowest BCUT2D eigenvalue weighted by molar-refractivity contribution is 1.41. The Kier molecular flexibility index (Phi) is 2.14. The third-order valence-electron chi connectivity index (χ3n) is 1.94. The van der Waals surface area contributed by atoms with Gasteiger partial charge in [-0.05, 0) is 35.0 Å². The predicted octanol–water partition coefficient (Wildman–Crippen LogP) is 3.00. The lowest BCUT2D eigenvalue weighted by Gasteiger charge is -2.03. The molecule has 0 fully saturated rings. The Morgan fingerprint density at radius 2 is 1.77 bits per heavy atom. The maximum atomic E-state index is 5.67. The molecule has 0 unspecified atom stereocenters. The van der Waals surface area contributed by atoms with E-state index >= 15 is 0 Å². The van der Waals surface area contributed by atoms with Gasteiger partial charge in [0, 0.05) is 15.5 Å². The summed E-state index contributed by atoms with van der Waals surface area (Å²) in [5.74, 6) is 0. The SMILES string of the molecule is Nc1ccc2c(S)cc(S)cc2c1. The molecule has 0 radical (unpaired) electrons. The van der Waals surface area contributed by atoms with Crippen LogP contribution in [0.2, 0.25) is 0 Å². The summed E-state index contributed by atoms with van der Waals surface area (Å²) in [7, 11) is 0. The van der Waals surface area contributed by atoms with Crippen LogP contribution in [0.5, 0.6) is 0 Å². The van der Waals surface area contributed by atoms with E-state index in [9.17, 15) is 0 Å². The fourth-order valence-corrected chi connectivity index (χ4v) is 2.07. The maximum Gasteiger partial charge on any atom is 0.0320 e. The highest BCUT2D eigenvalue weighted by Crippen LogP contribution is 2.27. The quantitative estimate of drug-likeness (QED) is 0.449. The first-order valence-corrected chi connectivity index (χ1v) is 4.77. The molecule has 66 valence electrons. The number of hydrogen-bond acceptors (Lipinski definition) is 3. The minimum Gasteiger partial charge on any atom is -0.399 e. The van der Waals surface area contributed by atoms with Gasteiger partial charge in [-0.1, -0.05) is 6.07 Å². The van der Waals surface area contributed by atoms with Crippen LogP contribution in [0.25, 0.3) is 10.8 Å². The van der Waals surface area contributed by atoms with Gasteiger partial charge >= 0.3 is 0 Å². The van der Waals surface area contributed by atoms with Crippen molar-refractivity contribution in [3.8, 4) is 0 Å². The Bertz CT molecular complexity index is 460. The van der Waals surface area contributed by atoms with Crippen molar-refractivity contribution in [1.29, 1.82) is 0 Å². The van der Waals surface area contributed by atoms with Crippen LogP contribution in [-0.4, -0.2) is 0 Å². The minimum atomic E-state index is 0.763. The van der Waals surface area contributed by atoms with Gasteiger partial charge in [0.05, 0.1) is 0 Å². The Morgan fingerprint density at radius 1 is 1.00 bits per heavy atom. The van der Waals surface area contributed by atoms with E-state index in [0.717, 1.165) is 26.3 Å². The fourth-order valence-electron chi connectivity index (χ4n) is 1.35. The second-order valence-corrected chi connectivity index (χ2v) is 3.94. The largest absolute Gasteiger partial charge is 0.399 e. The molecule has 2 aromatic rings. The number of nitrogens with two attached hydrogens (primary N) is 1. The zero-order chi connectivity index (χ0) is 9.42. The summed E-state index contributed by atoms with van der Waals surface area (Å²) in [5, 5.41) is 2.19. The Labute approximate surface area is 87.8 Å². The molecule has 0 spiro atoms. The van der Waals surface area contributed by atoms with Crippen LogP contribution in [0.15, 0.2) is 40.1 Å². The second kappa shape index (κ2) is 3.16. The van der Waals surface area contributed by atoms with Gasteiger partial charge in [-0.3, -0.25) is 0 Å². The second-order valence-electron chi connectivity index (χ2n) is 2.95. The summed E-state index contributed by atoms with van der Waals surface area (Å²) >= 11 is 8.64. The van der Waals surface area contributed by atoms with Gasteiger partial charge in [-0.25, -0.2) is 0 Å². The van der Waals surface area contributed by atoms with Crippen molar-refractivity contribution >= 4 is 41.7 Å². The van der Waals surface area contributed by atoms with Gasteiger partial charge in [0.25, 0.3) is 0 Å². The molecule has 2 aromatic carbocycles. The number of fused-ring (bicyclic) bond motifs is 1. The van der Waals surface area contributed by atoms with E-state index in [0.29, 0.717) is 0 Å². The third-order valence-corrected chi connectivity index (χ3v) is 2.57. The molecular formula is C10H9NS2. The lowest BCUT2D eigenvalue weighted by atomic mass is 10.1. The van der Waals surface area contributed by atoms with Crippen LogP contribution < -0.4 is 5.73 Å². The molecule has 0 aliphatic rings. The van der Waals surface area contributed by atoms with Crippen molar-refractivity contribution < 1.29 is 0 Å². The maximum absolute atomic E-state index is 5.67. The average Bonchev–Trinajstić information content (AvgIpc) is 2.02. The lowest BCUT2D eigenvalue weighted by Crippen LogP contribution is -1.84. The number of anilines is 1. The van der Waals surface area contributed by atoms with Gasteiger partial charge in [-0.15, -0.1) is 25.3 Å². The summed E-state index contributed by atoms with van der Waals surface area (Å²) in [6.07, 6.45) is 0. The highest BCUT2D eigenvalue weighted by Gasteiger charge is 1.99. The molecule has 0 amide bonds. The van der Waals surface area contributed by atoms with Crippen molar-refractivity contribution in [2.24, 2.45) is 0 Å². The molecule has 0 heterocycles. The molecule has 0 aromatic heterocycles. The zero-order valence-corrected chi connectivity index (χ0v) is 8.65. The third kappa shape index (κ3) is 1.62. The van der Waals surface area contributed by atoms with Crippen molar-refractivity contribution in [3.63, 3.8) is 0 Å². The first-order chi connectivity index (χ1) is 6.16. The zero-order valence-electron chi connectivity index (χ0n) is 6.86. The number of benzene rings is 2. The molecule has 0 saturated carbocycles. The molecule has 1 nitrogen and oxygen atoms in total. The van der Waals surface area contributed by atoms with Crippen molar-refractivity contribution in [1.82, 2.24) is 0 Å². The van der Waals surface area contributed by atoms with Gasteiger partial charge in [0.2, 0.25) is 0 Å². The van der Waals surface area contributed by atoms with Gasteiger partial charge < -0.3 is 5.73 Å². The van der Waals surface area contributed by atoms with Gasteiger partial charge in [-0.2, -0.15) is 0 Å². The van der Waals surface area contributed by atoms with Crippen LogP contribution in [0.4, 0.5) is 5.69 Å². The van der Waals surface area contributed by atoms with Crippen LogP contribution in [0.1, 0.15) is 0 Å². The predicted molar refractivity (Wildman–Crippen MR) is 62.9 cm³/mol. The number of thiol groups is 2. The molecular weight excluding hydrogens is 198 g/mol. The molecule has 0 saturated heterocycles. The summed E-state index contributed by atoms with van der Waals surface area (Å²) in [4.78, 5) is 1.84. The molecule has 3 heteroatoms. The first kappa shape index (κ1) is 8.78. The molecule has 0 bridgehead atoms. The van der Waals surface area contributed by atoms with Crippen LogP contribution in [-0.2, 0) is 0 Å². The van der Waals surface area contributed by atoms with Crippen molar-refractivity contribution in [2.75, 3.05) is 5.73 Å². The summed E-state index contributed by atoms with van der Waals surface area (Å²) < 4.78 is 0. The van der Waals surface area contributed by atoms with Gasteiger partial charge in [0.15, 0.2) is 0 Å². The van der Waals surface area contributed by atoms with Crippen LogP contribution >= 0.6 is 25.3 Å². The number of hydrogen-bond donors (Lipinski definition) is 3. The van der Waals surface area contributed by atoms with Crippen LogP contribution in [0.3, 0.4) is 0 Å². The van der Waals surface area contributed by atoms with E-state index in [4.69, 9.17) is 5.73 Å². The summed E-state index contributed by atoms with van der Waals surface area (Å²) in [6, 6.07) is 9.68. The molecule has 2 N–H and O–H groups in total. The monoisotopic (exact) mass is 207 g/mol. The normalized spacial score (nSPS) is 10.6. The number of nitrogen functional groups attached to an aromatic ring is 1. The Morgan fingerprint density at radius 3 is 2.54 bits per heavy atom. The first-order valence-electron chi connectivity index (χ1n) is 3.88. The van der Waals surface area contributed by atoms with E-state index in [1.165, 1.54) is 0 Å². The van der Waals surface area contributed by atoms with E-state index in [1.54, 1.807) is 0 Å². The Hall–Kier alpha value is -0.800.